The first kappa shape index (κ1) is 18.3. The first-order chi connectivity index (χ1) is 11.2. The van der Waals surface area contributed by atoms with Crippen LogP contribution in [-0.2, 0) is 15.9 Å². The molecular weight excluding hydrogens is 310 g/mol. The number of imidazole rings is 1. The van der Waals surface area contributed by atoms with Crippen molar-refractivity contribution in [1.82, 2.24) is 14.9 Å². The van der Waals surface area contributed by atoms with E-state index >= 15 is 0 Å². The molecular formula is C17H27N3O4. The topological polar surface area (TPSA) is 84.5 Å². The van der Waals surface area contributed by atoms with Gasteiger partial charge in [0, 0.05) is 24.7 Å². The number of hydrogen-bond donors (Lipinski definition) is 1. The average Bonchev–Trinajstić information content (AvgIpc) is 2.97. The Morgan fingerprint density at radius 3 is 2.67 bits per heavy atom. The van der Waals surface area contributed by atoms with Crippen molar-refractivity contribution in [3.05, 3.63) is 17.2 Å². The molecule has 1 fully saturated rings. The quantitative estimate of drug-likeness (QED) is 0.857. The van der Waals surface area contributed by atoms with Gasteiger partial charge in [-0.1, -0.05) is 6.92 Å². The zero-order valence-corrected chi connectivity index (χ0v) is 15.1. The number of amides is 1. The van der Waals surface area contributed by atoms with Crippen molar-refractivity contribution in [2.45, 2.75) is 58.5 Å². The highest BCUT2D eigenvalue weighted by atomic mass is 16.6. The zero-order chi connectivity index (χ0) is 17.9. The molecule has 1 unspecified atom stereocenters. The van der Waals surface area contributed by atoms with Gasteiger partial charge in [0.25, 0.3) is 0 Å². The second-order valence-electron chi connectivity index (χ2n) is 7.06. The fraction of sp³-hybridized carbons (Fsp3) is 0.706. The molecule has 0 radical (unpaired) electrons. The summed E-state index contributed by atoms with van der Waals surface area (Å²) in [6, 6.07) is 0. The Kier molecular flexibility index (Phi) is 5.51. The van der Waals surface area contributed by atoms with E-state index in [2.05, 4.69) is 9.97 Å². The molecule has 0 aromatic carbocycles. The maximum atomic E-state index is 12.3. The summed E-state index contributed by atoms with van der Waals surface area (Å²) in [5, 5.41) is 0. The number of carbonyl (C=O) groups is 2. The molecule has 2 rings (SSSR count). The van der Waals surface area contributed by atoms with E-state index in [-0.39, 0.29) is 12.0 Å². The fourth-order valence-electron chi connectivity index (χ4n) is 2.84. The van der Waals surface area contributed by atoms with E-state index in [9.17, 15) is 9.59 Å². The third-order valence-electron chi connectivity index (χ3n) is 3.99. The molecule has 1 saturated heterocycles. The molecule has 0 saturated carbocycles. The number of aromatic nitrogens is 2. The lowest BCUT2D eigenvalue weighted by Crippen LogP contribution is -2.42. The Labute approximate surface area is 142 Å². The number of aryl methyl sites for hydroxylation is 1. The van der Waals surface area contributed by atoms with E-state index in [0.717, 1.165) is 24.4 Å². The normalized spacial score (nSPS) is 18.4. The Bertz CT molecular complexity index is 603. The van der Waals surface area contributed by atoms with Gasteiger partial charge in [-0.25, -0.2) is 14.6 Å². The summed E-state index contributed by atoms with van der Waals surface area (Å²) < 4.78 is 10.2. The molecule has 1 N–H and O–H groups in total. The molecule has 0 aliphatic carbocycles. The van der Waals surface area contributed by atoms with Crippen LogP contribution >= 0.6 is 0 Å². The number of methoxy groups -OCH3 is 1. The largest absolute Gasteiger partial charge is 0.464 e. The molecule has 1 amide bonds. The highest BCUT2D eigenvalue weighted by Crippen LogP contribution is 2.27. The lowest BCUT2D eigenvalue weighted by molar-refractivity contribution is 0.0195. The number of nitrogens with one attached hydrogen (secondary N) is 1. The van der Waals surface area contributed by atoms with Crippen molar-refractivity contribution in [2.75, 3.05) is 20.2 Å². The van der Waals surface area contributed by atoms with Gasteiger partial charge in [-0.05, 0) is 40.0 Å². The minimum absolute atomic E-state index is 0.0648. The summed E-state index contributed by atoms with van der Waals surface area (Å²) in [7, 11) is 1.35. The number of nitrogens with zero attached hydrogens (tertiary/aromatic N) is 2. The predicted molar refractivity (Wildman–Crippen MR) is 89.1 cm³/mol. The first-order valence-electron chi connectivity index (χ1n) is 8.40. The van der Waals surface area contributed by atoms with Crippen molar-refractivity contribution in [3.8, 4) is 0 Å². The number of hydrogen-bond acceptors (Lipinski definition) is 5. The molecule has 7 heteroatoms. The molecule has 1 aromatic rings. The van der Waals surface area contributed by atoms with Crippen molar-refractivity contribution < 1.29 is 19.1 Å². The lowest BCUT2D eigenvalue weighted by atomic mass is 9.98. The molecule has 0 bridgehead atoms. The lowest BCUT2D eigenvalue weighted by Gasteiger charge is -2.33. The highest BCUT2D eigenvalue weighted by molar-refractivity contribution is 5.88. The van der Waals surface area contributed by atoms with Crippen LogP contribution in [0.3, 0.4) is 0 Å². The van der Waals surface area contributed by atoms with E-state index < -0.39 is 11.6 Å². The molecule has 1 atom stereocenters. The van der Waals surface area contributed by atoms with Gasteiger partial charge < -0.3 is 19.4 Å². The second kappa shape index (κ2) is 7.23. The van der Waals surface area contributed by atoms with E-state index in [1.165, 1.54) is 7.11 Å². The zero-order valence-electron chi connectivity index (χ0n) is 15.1. The summed E-state index contributed by atoms with van der Waals surface area (Å²) in [6.07, 6.45) is 2.15. The van der Waals surface area contributed by atoms with Gasteiger partial charge in [0.1, 0.15) is 11.4 Å². The molecule has 0 spiro atoms. The Morgan fingerprint density at radius 2 is 2.08 bits per heavy atom. The molecule has 7 nitrogen and oxygen atoms in total. The first-order valence-corrected chi connectivity index (χ1v) is 8.40. The predicted octanol–water partition coefficient (Wildman–Crippen LogP) is 2.87. The van der Waals surface area contributed by atoms with Crippen LogP contribution in [0.15, 0.2) is 0 Å². The van der Waals surface area contributed by atoms with Crippen LogP contribution in [-0.4, -0.2) is 52.7 Å². The van der Waals surface area contributed by atoms with Crippen LogP contribution in [0.1, 0.15) is 68.5 Å². The average molecular weight is 337 g/mol. The number of H-pyrrole nitrogens is 1. The Hall–Kier alpha value is -2.05. The Morgan fingerprint density at radius 1 is 1.38 bits per heavy atom. The number of esters is 1. The molecule has 1 aliphatic rings. The number of carbonyl (C=O) groups excluding carboxylic acids is 2. The maximum absolute atomic E-state index is 12.3. The maximum Gasteiger partial charge on any atom is 0.410 e. The number of rotatable bonds is 3. The van der Waals surface area contributed by atoms with Crippen LogP contribution in [0, 0.1) is 0 Å². The number of ether oxygens (including phenoxy) is 2. The van der Waals surface area contributed by atoms with Crippen LogP contribution < -0.4 is 0 Å². The summed E-state index contributed by atoms with van der Waals surface area (Å²) in [5.74, 6) is 0.365. The molecule has 2 heterocycles. The molecule has 1 aromatic heterocycles. The molecule has 24 heavy (non-hydrogen) atoms. The van der Waals surface area contributed by atoms with E-state index in [1.54, 1.807) is 4.90 Å². The van der Waals surface area contributed by atoms with Crippen molar-refractivity contribution in [1.29, 1.82) is 0 Å². The van der Waals surface area contributed by atoms with Crippen LogP contribution in [0.5, 0.6) is 0 Å². The highest BCUT2D eigenvalue weighted by Gasteiger charge is 2.30. The minimum Gasteiger partial charge on any atom is -0.464 e. The number of likely N-dealkylation sites (tertiary alicyclic amines) is 1. The van der Waals surface area contributed by atoms with E-state index in [0.29, 0.717) is 25.2 Å². The minimum atomic E-state index is -0.512. The summed E-state index contributed by atoms with van der Waals surface area (Å²) in [5.41, 5.74) is 0.595. The van der Waals surface area contributed by atoms with Crippen molar-refractivity contribution in [2.24, 2.45) is 0 Å². The van der Waals surface area contributed by atoms with Gasteiger partial charge in [0.2, 0.25) is 0 Å². The van der Waals surface area contributed by atoms with Gasteiger partial charge in [0.05, 0.1) is 7.11 Å². The summed E-state index contributed by atoms with van der Waals surface area (Å²) in [6.45, 7) is 8.74. The van der Waals surface area contributed by atoms with Crippen LogP contribution in [0.4, 0.5) is 4.79 Å². The second-order valence-corrected chi connectivity index (χ2v) is 7.06. The Balaban J connectivity index is 2.13. The third kappa shape index (κ3) is 4.27. The molecule has 1 aliphatic heterocycles. The van der Waals surface area contributed by atoms with Gasteiger partial charge >= 0.3 is 12.1 Å². The van der Waals surface area contributed by atoms with E-state index in [1.807, 2.05) is 27.7 Å². The van der Waals surface area contributed by atoms with E-state index in [4.69, 9.17) is 9.47 Å². The number of aromatic amines is 1. The van der Waals surface area contributed by atoms with Gasteiger partial charge in [-0.2, -0.15) is 0 Å². The molecule has 134 valence electrons. The smallest absolute Gasteiger partial charge is 0.410 e. The third-order valence-corrected chi connectivity index (χ3v) is 3.99. The van der Waals surface area contributed by atoms with Crippen LogP contribution in [0.2, 0.25) is 0 Å². The number of piperidine rings is 1. The summed E-state index contributed by atoms with van der Waals surface area (Å²) >= 11 is 0. The van der Waals surface area contributed by atoms with Crippen molar-refractivity contribution >= 4 is 12.1 Å². The van der Waals surface area contributed by atoms with Gasteiger partial charge in [0.15, 0.2) is 5.69 Å². The van der Waals surface area contributed by atoms with Crippen molar-refractivity contribution in [3.63, 3.8) is 0 Å². The van der Waals surface area contributed by atoms with Crippen LogP contribution in [0.25, 0.3) is 0 Å². The van der Waals surface area contributed by atoms with Gasteiger partial charge in [-0.15, -0.1) is 0 Å². The van der Waals surface area contributed by atoms with Gasteiger partial charge in [-0.3, -0.25) is 0 Å². The fourth-order valence-corrected chi connectivity index (χ4v) is 2.84. The standard InChI is InChI=1S/C17H27N3O4/c1-6-12-13(15(21)23-5)19-14(18-12)11-8-7-9-20(10-11)16(22)24-17(2,3)4/h11H,6-10H2,1-5H3,(H,18,19). The monoisotopic (exact) mass is 337 g/mol. The summed E-state index contributed by atoms with van der Waals surface area (Å²) in [4.78, 5) is 33.5. The SMILES string of the molecule is CCc1[nH]c(C2CCCN(C(=O)OC(C)(C)C)C2)nc1C(=O)OC.